The summed E-state index contributed by atoms with van der Waals surface area (Å²) in [7, 11) is 0. The third kappa shape index (κ3) is 2.45. The maximum atomic E-state index is 11.9. The summed E-state index contributed by atoms with van der Waals surface area (Å²) < 4.78 is 4.90. The van der Waals surface area contributed by atoms with Gasteiger partial charge in [0.2, 0.25) is 5.71 Å². The molecule has 0 spiro atoms. The van der Waals surface area contributed by atoms with E-state index in [1.165, 1.54) is 31.7 Å². The first-order valence-corrected chi connectivity index (χ1v) is 6.93. The zero-order valence-electron chi connectivity index (χ0n) is 11.0. The van der Waals surface area contributed by atoms with E-state index in [1.807, 2.05) is 0 Å². The summed E-state index contributed by atoms with van der Waals surface area (Å²) in [6.45, 7) is 0. The van der Waals surface area contributed by atoms with Gasteiger partial charge in [0.05, 0.1) is 0 Å². The zero-order chi connectivity index (χ0) is 14.1. The van der Waals surface area contributed by atoms with Gasteiger partial charge in [0.15, 0.2) is 0 Å². The fraction of sp³-hybridized carbons (Fsp3) is 0.500. The molecular weight excluding hydrogens is 260 g/mol. The molecule has 0 saturated heterocycles. The molecule has 6 heteroatoms. The van der Waals surface area contributed by atoms with E-state index in [0.29, 0.717) is 17.9 Å². The first-order chi connectivity index (χ1) is 9.63. The van der Waals surface area contributed by atoms with Crippen LogP contribution in [0.4, 0.5) is 0 Å². The van der Waals surface area contributed by atoms with E-state index in [4.69, 9.17) is 4.42 Å². The van der Waals surface area contributed by atoms with Crippen LogP contribution in [-0.4, -0.2) is 9.97 Å². The summed E-state index contributed by atoms with van der Waals surface area (Å²) >= 11 is 0. The Bertz CT molecular complexity index is 788. The van der Waals surface area contributed by atoms with Crippen LogP contribution in [0.1, 0.15) is 37.7 Å². The molecule has 2 aromatic heterocycles. The van der Waals surface area contributed by atoms with Gasteiger partial charge in [0.1, 0.15) is 5.39 Å². The molecule has 2 aromatic rings. The number of aromatic amines is 2. The summed E-state index contributed by atoms with van der Waals surface area (Å²) in [5.74, 6) is 0.666. The normalized spacial score (nSPS) is 16.0. The topological polar surface area (TPSA) is 95.9 Å². The van der Waals surface area contributed by atoms with E-state index in [0.717, 1.165) is 6.42 Å². The van der Waals surface area contributed by atoms with Crippen LogP contribution in [0.2, 0.25) is 0 Å². The molecule has 0 unspecified atom stereocenters. The van der Waals surface area contributed by atoms with Gasteiger partial charge in [-0.2, -0.15) is 0 Å². The molecular formula is C14H16N2O4. The lowest BCUT2D eigenvalue weighted by Crippen LogP contribution is -2.24. The highest BCUT2D eigenvalue weighted by Crippen LogP contribution is 2.29. The van der Waals surface area contributed by atoms with Crippen molar-refractivity contribution in [1.82, 2.24) is 9.97 Å². The fourth-order valence-corrected chi connectivity index (χ4v) is 3.03. The molecule has 20 heavy (non-hydrogen) atoms. The van der Waals surface area contributed by atoms with Gasteiger partial charge >= 0.3 is 11.3 Å². The van der Waals surface area contributed by atoms with Crippen molar-refractivity contribution < 1.29 is 4.42 Å². The monoisotopic (exact) mass is 276 g/mol. The second-order valence-electron chi connectivity index (χ2n) is 5.39. The molecule has 2 N–H and O–H groups in total. The summed E-state index contributed by atoms with van der Waals surface area (Å²) in [6, 6.07) is 1.35. The van der Waals surface area contributed by atoms with E-state index < -0.39 is 16.9 Å². The minimum Gasteiger partial charge on any atom is -0.405 e. The van der Waals surface area contributed by atoms with Gasteiger partial charge in [-0.05, 0) is 24.3 Å². The van der Waals surface area contributed by atoms with E-state index in [9.17, 15) is 14.4 Å². The fourth-order valence-electron chi connectivity index (χ4n) is 3.03. The molecule has 106 valence electrons. The van der Waals surface area contributed by atoms with E-state index in [1.54, 1.807) is 0 Å². The molecule has 1 aliphatic carbocycles. The largest absolute Gasteiger partial charge is 0.405 e. The maximum absolute atomic E-state index is 11.9. The molecule has 0 radical (unpaired) electrons. The maximum Gasteiger partial charge on any atom is 0.337 e. The van der Waals surface area contributed by atoms with Crippen molar-refractivity contribution in [2.75, 3.05) is 0 Å². The molecule has 0 aromatic carbocycles. The van der Waals surface area contributed by atoms with Crippen LogP contribution in [0.25, 0.3) is 11.1 Å². The van der Waals surface area contributed by atoms with Gasteiger partial charge in [0.25, 0.3) is 5.56 Å². The minimum atomic E-state index is -0.668. The average molecular weight is 276 g/mol. The van der Waals surface area contributed by atoms with Gasteiger partial charge in [-0.15, -0.1) is 0 Å². The van der Waals surface area contributed by atoms with Crippen molar-refractivity contribution in [3.63, 3.8) is 0 Å². The van der Waals surface area contributed by atoms with Crippen molar-refractivity contribution in [3.05, 3.63) is 42.9 Å². The minimum absolute atomic E-state index is 0.0346. The quantitative estimate of drug-likeness (QED) is 0.883. The Labute approximate surface area is 113 Å². The Balaban J connectivity index is 2.02. The van der Waals surface area contributed by atoms with Crippen LogP contribution in [0.15, 0.2) is 24.9 Å². The van der Waals surface area contributed by atoms with Crippen molar-refractivity contribution >= 4 is 11.1 Å². The average Bonchev–Trinajstić information content (AvgIpc) is 2.87. The molecule has 2 heterocycles. The summed E-state index contributed by atoms with van der Waals surface area (Å²) in [4.78, 5) is 39.2. The van der Waals surface area contributed by atoms with E-state index >= 15 is 0 Å². The Morgan fingerprint density at radius 1 is 1.15 bits per heavy atom. The first kappa shape index (κ1) is 12.9. The van der Waals surface area contributed by atoms with Crippen LogP contribution < -0.4 is 16.9 Å². The second-order valence-corrected chi connectivity index (χ2v) is 5.39. The van der Waals surface area contributed by atoms with Crippen molar-refractivity contribution in [1.29, 1.82) is 0 Å². The molecule has 0 amide bonds. The number of aromatic nitrogens is 2. The lowest BCUT2D eigenvalue weighted by Gasteiger charge is -2.09. The molecule has 0 aliphatic heterocycles. The summed E-state index contributed by atoms with van der Waals surface area (Å²) in [5.41, 5.74) is -1.10. The Morgan fingerprint density at radius 2 is 1.90 bits per heavy atom. The SMILES string of the molecule is O=c1[nH]c(=O)c2c(CCC3CCCC3)cc(=O)oc2[nH]1. The predicted molar refractivity (Wildman–Crippen MR) is 74.0 cm³/mol. The van der Waals surface area contributed by atoms with Crippen LogP contribution in [-0.2, 0) is 6.42 Å². The standard InChI is InChI=1S/C14H16N2O4/c17-10-7-9(6-5-8-3-1-2-4-8)11-12(18)15-14(19)16-13(11)20-10/h7-8H,1-6H2,(H2,15,16,18,19). The zero-order valence-corrected chi connectivity index (χ0v) is 11.0. The lowest BCUT2D eigenvalue weighted by atomic mass is 9.97. The highest BCUT2D eigenvalue weighted by atomic mass is 16.4. The molecule has 1 fully saturated rings. The van der Waals surface area contributed by atoms with E-state index in [2.05, 4.69) is 9.97 Å². The predicted octanol–water partition coefficient (Wildman–Crippen LogP) is 1.29. The van der Waals surface area contributed by atoms with Crippen molar-refractivity contribution in [2.45, 2.75) is 38.5 Å². The van der Waals surface area contributed by atoms with Crippen LogP contribution in [0.3, 0.4) is 0 Å². The number of nitrogens with one attached hydrogen (secondary N) is 2. The molecule has 1 saturated carbocycles. The number of rotatable bonds is 3. The highest BCUT2D eigenvalue weighted by Gasteiger charge is 2.17. The lowest BCUT2D eigenvalue weighted by molar-refractivity contribution is 0.500. The molecule has 0 atom stereocenters. The highest BCUT2D eigenvalue weighted by molar-refractivity contribution is 5.75. The van der Waals surface area contributed by atoms with E-state index in [-0.39, 0.29) is 11.1 Å². The third-order valence-corrected chi connectivity index (χ3v) is 4.02. The van der Waals surface area contributed by atoms with Gasteiger partial charge in [-0.3, -0.25) is 14.8 Å². The Kier molecular flexibility index (Phi) is 3.30. The van der Waals surface area contributed by atoms with Crippen molar-refractivity contribution in [2.24, 2.45) is 5.92 Å². The number of hydrogen-bond donors (Lipinski definition) is 2. The smallest absolute Gasteiger partial charge is 0.337 e. The molecule has 1 aliphatic rings. The molecule has 0 bridgehead atoms. The van der Waals surface area contributed by atoms with Gasteiger partial charge in [0, 0.05) is 6.07 Å². The van der Waals surface area contributed by atoms with Crippen LogP contribution in [0.5, 0.6) is 0 Å². The number of hydrogen-bond acceptors (Lipinski definition) is 4. The Hall–Kier alpha value is -2.11. The molecule has 3 rings (SSSR count). The van der Waals surface area contributed by atoms with Gasteiger partial charge < -0.3 is 4.42 Å². The number of aryl methyl sites for hydroxylation is 1. The number of H-pyrrole nitrogens is 2. The molecule has 6 nitrogen and oxygen atoms in total. The second kappa shape index (κ2) is 5.11. The summed E-state index contributed by atoms with van der Waals surface area (Å²) in [6.07, 6.45) is 6.56. The van der Waals surface area contributed by atoms with Crippen LogP contribution in [0, 0.1) is 5.92 Å². The van der Waals surface area contributed by atoms with Crippen molar-refractivity contribution in [3.8, 4) is 0 Å². The van der Waals surface area contributed by atoms with Crippen LogP contribution >= 0.6 is 0 Å². The van der Waals surface area contributed by atoms with Gasteiger partial charge in [-0.1, -0.05) is 25.7 Å². The van der Waals surface area contributed by atoms with Gasteiger partial charge in [-0.25, -0.2) is 9.59 Å². The summed E-state index contributed by atoms with van der Waals surface area (Å²) in [5, 5.41) is 0.280. The third-order valence-electron chi connectivity index (χ3n) is 4.02. The first-order valence-electron chi connectivity index (χ1n) is 6.93. The Morgan fingerprint density at radius 3 is 2.65 bits per heavy atom. The number of fused-ring (bicyclic) bond motifs is 1.